The van der Waals surface area contributed by atoms with Gasteiger partial charge in [-0.1, -0.05) is 28.0 Å². The number of rotatable bonds is 5. The molecule has 0 aliphatic heterocycles. The van der Waals surface area contributed by atoms with Crippen molar-refractivity contribution in [2.75, 3.05) is 6.61 Å². The third kappa shape index (κ3) is 3.13. The van der Waals surface area contributed by atoms with Crippen molar-refractivity contribution in [2.45, 2.75) is 26.4 Å². The van der Waals surface area contributed by atoms with Crippen LogP contribution < -0.4 is 0 Å². The largest absolute Gasteiger partial charge is 0.507 e. The number of phenolic OH excluding ortho intramolecular Hbond substituents is 1. The van der Waals surface area contributed by atoms with Crippen LogP contribution in [0.2, 0.25) is 0 Å². The van der Waals surface area contributed by atoms with Crippen molar-refractivity contribution in [3.63, 3.8) is 0 Å². The molecular weight excluding hydrogens is 312 g/mol. The molecule has 1 atom stereocenters. The second kappa shape index (κ2) is 6.16. The molecule has 0 fully saturated rings. The van der Waals surface area contributed by atoms with E-state index in [1.807, 2.05) is 13.8 Å². The fraction of sp³-hybridized carbons (Fsp3) is 0.385. The Kier molecular flexibility index (Phi) is 4.55. The minimum Gasteiger partial charge on any atom is -0.507 e. The van der Waals surface area contributed by atoms with E-state index in [4.69, 9.17) is 9.26 Å². The van der Waals surface area contributed by atoms with Gasteiger partial charge in [0.15, 0.2) is 0 Å². The molecule has 102 valence electrons. The number of phenols is 1. The number of halogens is 1. The average molecular weight is 327 g/mol. The van der Waals surface area contributed by atoms with E-state index in [2.05, 4.69) is 26.1 Å². The fourth-order valence-corrected chi connectivity index (χ4v) is 2.09. The summed E-state index contributed by atoms with van der Waals surface area (Å²) in [5.41, 5.74) is 0.508. The molecule has 5 nitrogen and oxygen atoms in total. The summed E-state index contributed by atoms with van der Waals surface area (Å²) in [7, 11) is 0. The quantitative estimate of drug-likeness (QED) is 0.907. The molecule has 0 amide bonds. The van der Waals surface area contributed by atoms with E-state index >= 15 is 0 Å². The van der Waals surface area contributed by atoms with Crippen LogP contribution in [0.25, 0.3) is 11.5 Å². The van der Waals surface area contributed by atoms with Crippen molar-refractivity contribution >= 4 is 15.9 Å². The monoisotopic (exact) mass is 326 g/mol. The van der Waals surface area contributed by atoms with Gasteiger partial charge in [0.05, 0.1) is 5.56 Å². The molecule has 0 spiro atoms. The summed E-state index contributed by atoms with van der Waals surface area (Å²) in [6.07, 6.45) is 0.583. The van der Waals surface area contributed by atoms with Gasteiger partial charge in [0.1, 0.15) is 11.9 Å². The lowest BCUT2D eigenvalue weighted by molar-refractivity contribution is 0.0518. The Morgan fingerprint density at radius 1 is 1.42 bits per heavy atom. The zero-order valence-electron chi connectivity index (χ0n) is 10.8. The summed E-state index contributed by atoms with van der Waals surface area (Å²) in [4.78, 5) is 4.28. The summed E-state index contributed by atoms with van der Waals surface area (Å²) >= 11 is 3.28. The molecule has 6 heteroatoms. The van der Waals surface area contributed by atoms with Gasteiger partial charge in [-0.2, -0.15) is 4.98 Å². The third-order valence-electron chi connectivity index (χ3n) is 2.66. The number of ether oxygens (including phenoxy) is 1. The van der Waals surface area contributed by atoms with Crippen molar-refractivity contribution in [3.8, 4) is 17.2 Å². The molecule has 19 heavy (non-hydrogen) atoms. The Labute approximate surface area is 119 Å². The number of nitrogens with zero attached hydrogens (tertiary/aromatic N) is 2. The molecule has 1 aromatic heterocycles. The van der Waals surface area contributed by atoms with Crippen LogP contribution in [0.4, 0.5) is 0 Å². The van der Waals surface area contributed by atoms with E-state index in [1.54, 1.807) is 18.2 Å². The predicted molar refractivity (Wildman–Crippen MR) is 73.8 cm³/mol. The number of aromatic nitrogens is 2. The van der Waals surface area contributed by atoms with Gasteiger partial charge in [-0.25, -0.2) is 0 Å². The first-order valence-corrected chi connectivity index (χ1v) is 6.89. The van der Waals surface area contributed by atoms with Crippen LogP contribution >= 0.6 is 15.9 Å². The molecular formula is C13H15BrN2O3. The van der Waals surface area contributed by atoms with Crippen LogP contribution in [-0.2, 0) is 4.74 Å². The summed E-state index contributed by atoms with van der Waals surface area (Å²) < 4.78 is 11.5. The fourth-order valence-electron chi connectivity index (χ4n) is 1.74. The van der Waals surface area contributed by atoms with Gasteiger partial charge in [-0.3, -0.25) is 0 Å². The predicted octanol–water partition coefficient (Wildman–Crippen LogP) is 3.69. The number of benzene rings is 1. The molecule has 1 unspecified atom stereocenters. The maximum absolute atomic E-state index is 9.86. The van der Waals surface area contributed by atoms with E-state index in [0.29, 0.717) is 18.0 Å². The molecule has 1 N–H and O–H groups in total. The lowest BCUT2D eigenvalue weighted by Gasteiger charge is -2.09. The zero-order valence-corrected chi connectivity index (χ0v) is 12.3. The second-order valence-corrected chi connectivity index (χ2v) is 4.89. The normalized spacial score (nSPS) is 12.6. The first kappa shape index (κ1) is 14.0. The number of hydrogen-bond acceptors (Lipinski definition) is 5. The standard InChI is InChI=1S/C13H15BrN2O3/c1-3-11(18-4-2)12-15-13(19-16-12)9-6-5-8(14)7-10(9)17/h5-7,11,17H,3-4H2,1-2H3. The summed E-state index contributed by atoms with van der Waals surface area (Å²) in [6, 6.07) is 5.11. The van der Waals surface area contributed by atoms with Crippen molar-refractivity contribution in [3.05, 3.63) is 28.5 Å². The maximum atomic E-state index is 9.86. The Bertz CT molecular complexity index is 557. The number of hydrogen-bond donors (Lipinski definition) is 1. The van der Waals surface area contributed by atoms with E-state index in [0.717, 1.165) is 10.9 Å². The van der Waals surface area contributed by atoms with Crippen molar-refractivity contribution in [1.29, 1.82) is 0 Å². The Balaban J connectivity index is 2.29. The first-order chi connectivity index (χ1) is 9.15. The molecule has 0 bridgehead atoms. The highest BCUT2D eigenvalue weighted by atomic mass is 79.9. The van der Waals surface area contributed by atoms with E-state index in [9.17, 15) is 5.11 Å². The Morgan fingerprint density at radius 2 is 2.21 bits per heavy atom. The van der Waals surface area contributed by atoms with E-state index in [-0.39, 0.29) is 17.7 Å². The number of aromatic hydroxyl groups is 1. The van der Waals surface area contributed by atoms with Crippen LogP contribution in [0.3, 0.4) is 0 Å². The highest BCUT2D eigenvalue weighted by Gasteiger charge is 2.19. The summed E-state index contributed by atoms with van der Waals surface area (Å²) in [5.74, 6) is 0.883. The second-order valence-electron chi connectivity index (χ2n) is 3.97. The van der Waals surface area contributed by atoms with Gasteiger partial charge in [-0.15, -0.1) is 0 Å². The molecule has 1 aromatic carbocycles. The van der Waals surface area contributed by atoms with Crippen molar-refractivity contribution in [1.82, 2.24) is 10.1 Å². The van der Waals surface area contributed by atoms with Crippen LogP contribution in [0.5, 0.6) is 5.75 Å². The molecule has 0 aliphatic carbocycles. The molecule has 0 saturated heterocycles. The molecule has 0 radical (unpaired) electrons. The third-order valence-corrected chi connectivity index (χ3v) is 3.15. The van der Waals surface area contributed by atoms with Gasteiger partial charge in [0, 0.05) is 11.1 Å². The lowest BCUT2D eigenvalue weighted by Crippen LogP contribution is -2.04. The van der Waals surface area contributed by atoms with E-state index in [1.165, 1.54) is 0 Å². The molecule has 1 heterocycles. The average Bonchev–Trinajstić information content (AvgIpc) is 2.85. The van der Waals surface area contributed by atoms with Crippen LogP contribution in [-0.4, -0.2) is 21.9 Å². The first-order valence-electron chi connectivity index (χ1n) is 6.09. The molecule has 0 aliphatic rings. The Morgan fingerprint density at radius 3 is 2.84 bits per heavy atom. The minimum absolute atomic E-state index is 0.0917. The molecule has 2 aromatic rings. The maximum Gasteiger partial charge on any atom is 0.261 e. The van der Waals surface area contributed by atoms with Crippen LogP contribution in [0, 0.1) is 0 Å². The zero-order chi connectivity index (χ0) is 13.8. The van der Waals surface area contributed by atoms with Gasteiger partial charge in [-0.05, 0) is 31.5 Å². The minimum atomic E-state index is -0.180. The van der Waals surface area contributed by atoms with E-state index < -0.39 is 0 Å². The molecule has 2 rings (SSSR count). The van der Waals surface area contributed by atoms with Gasteiger partial charge in [0.2, 0.25) is 5.82 Å². The van der Waals surface area contributed by atoms with Gasteiger partial charge in [0.25, 0.3) is 5.89 Å². The topological polar surface area (TPSA) is 68.4 Å². The van der Waals surface area contributed by atoms with Crippen LogP contribution in [0.1, 0.15) is 32.2 Å². The van der Waals surface area contributed by atoms with Gasteiger partial charge < -0.3 is 14.4 Å². The summed E-state index contributed by atoms with van der Waals surface area (Å²) in [6.45, 7) is 4.50. The summed E-state index contributed by atoms with van der Waals surface area (Å²) in [5, 5.41) is 13.8. The van der Waals surface area contributed by atoms with Crippen molar-refractivity contribution in [2.24, 2.45) is 0 Å². The van der Waals surface area contributed by atoms with Crippen LogP contribution in [0.15, 0.2) is 27.2 Å². The highest BCUT2D eigenvalue weighted by molar-refractivity contribution is 9.10. The lowest BCUT2D eigenvalue weighted by atomic mass is 10.2. The molecule has 0 saturated carbocycles. The Hall–Kier alpha value is -1.40. The highest BCUT2D eigenvalue weighted by Crippen LogP contribution is 2.31. The van der Waals surface area contributed by atoms with Crippen molar-refractivity contribution < 1.29 is 14.4 Å². The SMILES string of the molecule is CCOC(CC)c1noc(-c2ccc(Br)cc2O)n1. The van der Waals surface area contributed by atoms with Gasteiger partial charge >= 0.3 is 0 Å². The smallest absolute Gasteiger partial charge is 0.261 e.